The first-order valence-electron chi connectivity index (χ1n) is 13.2. The van der Waals surface area contributed by atoms with Crippen molar-refractivity contribution in [1.29, 1.82) is 0 Å². The van der Waals surface area contributed by atoms with E-state index in [9.17, 15) is 34.5 Å². The minimum Gasteiger partial charge on any atom is -0.507 e. The fraction of sp³-hybridized carbons (Fsp3) is 0.517. The van der Waals surface area contributed by atoms with E-state index >= 15 is 0 Å². The van der Waals surface area contributed by atoms with Crippen molar-refractivity contribution >= 4 is 39.7 Å². The number of hydrogen-bond acceptors (Lipinski definition) is 10. The van der Waals surface area contributed by atoms with Gasteiger partial charge in [0.1, 0.15) is 11.5 Å². The fourth-order valence-corrected chi connectivity index (χ4v) is 6.11. The third kappa shape index (κ3) is 4.42. The number of phenolic OH excluding ortho intramolecular Hbond substituents is 2. The van der Waals surface area contributed by atoms with Gasteiger partial charge in [0.15, 0.2) is 23.1 Å². The number of ketones is 3. The molecular weight excluding hydrogens is 516 g/mol. The molecule has 2 aromatic carbocycles. The van der Waals surface area contributed by atoms with E-state index in [0.717, 1.165) is 0 Å². The van der Waals surface area contributed by atoms with Crippen LogP contribution in [0.15, 0.2) is 12.1 Å². The number of primary amides is 1. The Morgan fingerprint density at radius 1 is 1.10 bits per heavy atom. The molecule has 0 aliphatic heterocycles. The van der Waals surface area contributed by atoms with E-state index in [1.54, 1.807) is 26.2 Å². The number of carbonyl (C=O) groups excluding carboxylic acids is 4. The van der Waals surface area contributed by atoms with Crippen molar-refractivity contribution in [3.63, 3.8) is 0 Å². The molecule has 216 valence electrons. The minimum absolute atomic E-state index is 0.00264. The van der Waals surface area contributed by atoms with Crippen LogP contribution >= 0.6 is 0 Å². The number of anilines is 1. The third-order valence-corrected chi connectivity index (χ3v) is 7.95. The first kappa shape index (κ1) is 29.4. The second kappa shape index (κ2) is 9.83. The van der Waals surface area contributed by atoms with Gasteiger partial charge in [-0.05, 0) is 43.6 Å². The van der Waals surface area contributed by atoms with Crippen LogP contribution in [0.2, 0.25) is 0 Å². The minimum atomic E-state index is -2.77. The van der Waals surface area contributed by atoms with Gasteiger partial charge in [-0.2, -0.15) is 0 Å². The van der Waals surface area contributed by atoms with Crippen molar-refractivity contribution in [2.75, 3.05) is 39.6 Å². The summed E-state index contributed by atoms with van der Waals surface area (Å²) in [5.74, 6) is -8.49. The highest BCUT2D eigenvalue weighted by Gasteiger charge is 2.66. The van der Waals surface area contributed by atoms with Crippen LogP contribution in [0.5, 0.6) is 11.5 Å². The molecule has 6 N–H and O–H groups in total. The number of benzene rings is 2. The lowest BCUT2D eigenvalue weighted by Crippen LogP contribution is -2.71. The van der Waals surface area contributed by atoms with Gasteiger partial charge in [0, 0.05) is 49.7 Å². The maximum atomic E-state index is 14.0. The predicted octanol–water partition coefficient (Wildman–Crippen LogP) is 0.722. The highest BCUT2D eigenvalue weighted by molar-refractivity contribution is 6.33. The summed E-state index contributed by atoms with van der Waals surface area (Å²) in [4.78, 5) is 56.0. The van der Waals surface area contributed by atoms with Gasteiger partial charge in [0.05, 0.1) is 17.0 Å². The lowest BCUT2D eigenvalue weighted by atomic mass is 9.58. The Labute approximate surface area is 232 Å². The summed E-state index contributed by atoms with van der Waals surface area (Å²) >= 11 is 0. The lowest BCUT2D eigenvalue weighted by Gasteiger charge is -2.48. The molecule has 11 heteroatoms. The standard InChI is InChI=1S/C29H38N4O7/c1-28(2,3)12-31-11-14-10-17(32(4)5)15-8-13-9-16-21(33(6)7)24(36)20(27(30)39)26(38)29(16,40)25(37)18(13)23(35)19(15)22(14)34/h8,10,16,20-21,31,34-35,40H,9,11-12H2,1-7H3,(H2,30,39)/t16-,20?,21-,29-/m0/s1. The number of nitrogens with zero attached hydrogens (tertiary/aromatic N) is 2. The molecule has 11 nitrogen and oxygen atoms in total. The second-order valence-corrected chi connectivity index (χ2v) is 12.6. The number of nitrogens with one attached hydrogen (secondary N) is 1. The van der Waals surface area contributed by atoms with Gasteiger partial charge < -0.3 is 31.3 Å². The zero-order valence-corrected chi connectivity index (χ0v) is 24.0. The summed E-state index contributed by atoms with van der Waals surface area (Å²) in [5, 5.41) is 38.3. The molecule has 2 aliphatic rings. The molecule has 0 radical (unpaired) electrons. The van der Waals surface area contributed by atoms with Gasteiger partial charge in [-0.25, -0.2) is 0 Å². The number of rotatable bonds is 6. The first-order valence-corrected chi connectivity index (χ1v) is 13.2. The molecule has 1 fully saturated rings. The highest BCUT2D eigenvalue weighted by atomic mass is 16.3. The van der Waals surface area contributed by atoms with Gasteiger partial charge in [0.2, 0.25) is 11.7 Å². The highest BCUT2D eigenvalue weighted by Crippen LogP contribution is 2.50. The molecular formula is C29H38N4O7. The van der Waals surface area contributed by atoms with Crippen molar-refractivity contribution in [3.05, 3.63) is 28.8 Å². The number of aliphatic hydroxyl groups is 1. The zero-order chi connectivity index (χ0) is 30.1. The van der Waals surface area contributed by atoms with E-state index in [1.807, 2.05) is 19.0 Å². The molecule has 40 heavy (non-hydrogen) atoms. The molecule has 2 aromatic rings. The number of nitrogens with two attached hydrogens (primary N) is 1. The molecule has 1 amide bonds. The molecule has 0 spiro atoms. The Morgan fingerprint density at radius 3 is 2.25 bits per heavy atom. The average molecular weight is 555 g/mol. The number of amides is 1. The molecule has 0 bridgehead atoms. The number of likely N-dealkylation sites (N-methyl/N-ethyl adjacent to an activating group) is 1. The first-order chi connectivity index (χ1) is 18.4. The number of Topliss-reactive ketones (excluding diaryl/α,β-unsaturated/α-hetero) is 3. The topological polar surface area (TPSA) is 173 Å². The van der Waals surface area contributed by atoms with Crippen LogP contribution in [0, 0.1) is 17.3 Å². The van der Waals surface area contributed by atoms with Crippen molar-refractivity contribution in [1.82, 2.24) is 10.2 Å². The maximum absolute atomic E-state index is 14.0. The number of aromatic hydroxyl groups is 2. The van der Waals surface area contributed by atoms with Crippen molar-refractivity contribution < 1.29 is 34.5 Å². The largest absolute Gasteiger partial charge is 0.507 e. The van der Waals surface area contributed by atoms with Crippen LogP contribution < -0.4 is 16.0 Å². The van der Waals surface area contributed by atoms with Gasteiger partial charge in [-0.3, -0.25) is 24.1 Å². The summed E-state index contributed by atoms with van der Waals surface area (Å²) in [5.41, 5.74) is 3.72. The van der Waals surface area contributed by atoms with Gasteiger partial charge >= 0.3 is 0 Å². The smallest absolute Gasteiger partial charge is 0.235 e. The molecule has 0 heterocycles. The van der Waals surface area contributed by atoms with Crippen molar-refractivity contribution in [2.45, 2.75) is 45.4 Å². The van der Waals surface area contributed by atoms with E-state index in [1.165, 1.54) is 4.90 Å². The third-order valence-electron chi connectivity index (χ3n) is 7.95. The number of fused-ring (bicyclic) bond motifs is 3. The van der Waals surface area contributed by atoms with E-state index in [2.05, 4.69) is 26.1 Å². The predicted molar refractivity (Wildman–Crippen MR) is 149 cm³/mol. The summed E-state index contributed by atoms with van der Waals surface area (Å²) < 4.78 is 0. The van der Waals surface area contributed by atoms with Crippen LogP contribution in [0.3, 0.4) is 0 Å². The molecule has 4 rings (SSSR count). The molecule has 0 aromatic heterocycles. The summed E-state index contributed by atoms with van der Waals surface area (Å²) in [6.45, 7) is 7.13. The van der Waals surface area contributed by atoms with Gasteiger partial charge in [-0.1, -0.05) is 20.8 Å². The monoisotopic (exact) mass is 554 g/mol. The quantitative estimate of drug-likeness (QED) is 0.320. The van der Waals surface area contributed by atoms with Crippen LogP contribution in [-0.4, -0.2) is 89.9 Å². The van der Waals surface area contributed by atoms with Gasteiger partial charge in [0.25, 0.3) is 0 Å². The molecule has 4 atom stereocenters. The van der Waals surface area contributed by atoms with Crippen LogP contribution in [0.25, 0.3) is 10.8 Å². The Hall–Kier alpha value is -3.54. The molecule has 1 unspecified atom stereocenters. The van der Waals surface area contributed by atoms with Crippen LogP contribution in [0.1, 0.15) is 42.3 Å². The van der Waals surface area contributed by atoms with Crippen molar-refractivity contribution in [2.24, 2.45) is 23.0 Å². The van der Waals surface area contributed by atoms with Crippen LogP contribution in [0.4, 0.5) is 5.69 Å². The van der Waals surface area contributed by atoms with E-state index in [-0.39, 0.29) is 35.1 Å². The van der Waals surface area contributed by atoms with E-state index < -0.39 is 52.5 Å². The second-order valence-electron chi connectivity index (χ2n) is 12.6. The number of hydrogen-bond donors (Lipinski definition) is 5. The van der Waals surface area contributed by atoms with E-state index in [4.69, 9.17) is 5.73 Å². The zero-order valence-electron chi connectivity index (χ0n) is 24.0. The SMILES string of the molecule is CN(C)c1cc(CNCC(C)(C)C)c(O)c2c(O)c3c(cc12)C[C@H]1[C@H](N(C)C)C(=O)C(C(N)=O)C(=O)[C@@]1(O)C3=O. The van der Waals surface area contributed by atoms with E-state index in [0.29, 0.717) is 28.7 Å². The Bertz CT molecular complexity index is 1440. The Balaban J connectivity index is 1.96. The van der Waals surface area contributed by atoms with Crippen molar-refractivity contribution in [3.8, 4) is 11.5 Å². The molecule has 2 aliphatic carbocycles. The maximum Gasteiger partial charge on any atom is 0.235 e. The fourth-order valence-electron chi connectivity index (χ4n) is 6.11. The van der Waals surface area contributed by atoms with Gasteiger partial charge in [-0.15, -0.1) is 0 Å². The average Bonchev–Trinajstić information content (AvgIpc) is 2.81. The van der Waals surface area contributed by atoms with Crippen LogP contribution in [-0.2, 0) is 27.3 Å². The Kier molecular flexibility index (Phi) is 7.23. The number of carbonyl (C=O) groups is 4. The summed E-state index contributed by atoms with van der Waals surface area (Å²) in [6, 6.07) is 2.28. The normalized spacial score (nSPS) is 24.8. The summed E-state index contributed by atoms with van der Waals surface area (Å²) in [6.07, 6.45) is -0.116. The Morgan fingerprint density at radius 2 is 1.73 bits per heavy atom. The molecule has 0 saturated heterocycles. The molecule has 1 saturated carbocycles. The number of phenols is 2. The lowest BCUT2D eigenvalue weighted by molar-refractivity contribution is -0.162. The summed E-state index contributed by atoms with van der Waals surface area (Å²) in [7, 11) is 6.71.